The summed E-state index contributed by atoms with van der Waals surface area (Å²) in [6.07, 6.45) is 8.88. The largest absolute Gasteiger partial charge is 0.481 e. The van der Waals surface area contributed by atoms with Crippen LogP contribution in [0.4, 0.5) is 0 Å². The van der Waals surface area contributed by atoms with E-state index in [0.29, 0.717) is 25.4 Å². The molecule has 0 aromatic heterocycles. The van der Waals surface area contributed by atoms with Crippen molar-refractivity contribution >= 4 is 11.9 Å². The van der Waals surface area contributed by atoms with Crippen molar-refractivity contribution in [3.63, 3.8) is 0 Å². The molecule has 1 atom stereocenters. The summed E-state index contributed by atoms with van der Waals surface area (Å²) < 4.78 is 0. The Bertz CT molecular complexity index is 311. The van der Waals surface area contributed by atoms with E-state index in [2.05, 4.69) is 0 Å². The molecule has 1 N–H and O–H groups in total. The Morgan fingerprint density at radius 3 is 2.45 bits per heavy atom. The van der Waals surface area contributed by atoms with E-state index in [4.69, 9.17) is 5.11 Å². The third kappa shape index (κ3) is 5.93. The molecule has 1 fully saturated rings. The first kappa shape index (κ1) is 17.0. The monoisotopic (exact) mass is 283 g/mol. The van der Waals surface area contributed by atoms with Crippen LogP contribution in [0.3, 0.4) is 0 Å². The maximum absolute atomic E-state index is 12.3. The van der Waals surface area contributed by atoms with Crippen molar-refractivity contribution < 1.29 is 14.7 Å². The number of carboxylic acids is 1. The van der Waals surface area contributed by atoms with E-state index in [1.807, 2.05) is 6.92 Å². The van der Waals surface area contributed by atoms with Crippen LogP contribution in [-0.4, -0.2) is 35.0 Å². The second kappa shape index (κ2) is 8.98. The zero-order valence-corrected chi connectivity index (χ0v) is 12.9. The predicted octanol–water partition coefficient (Wildman–Crippen LogP) is 3.31. The minimum absolute atomic E-state index is 0.130. The third-order valence-electron chi connectivity index (χ3n) is 4.25. The summed E-state index contributed by atoms with van der Waals surface area (Å²) in [5.74, 6) is -0.482. The van der Waals surface area contributed by atoms with Crippen LogP contribution in [0.2, 0.25) is 0 Å². The number of rotatable bonds is 8. The van der Waals surface area contributed by atoms with Crippen molar-refractivity contribution in [2.24, 2.45) is 11.8 Å². The molecule has 1 aliphatic carbocycles. The second-order valence-corrected chi connectivity index (χ2v) is 6.12. The van der Waals surface area contributed by atoms with E-state index >= 15 is 0 Å². The van der Waals surface area contributed by atoms with Gasteiger partial charge in [-0.15, -0.1) is 0 Å². The van der Waals surface area contributed by atoms with Gasteiger partial charge < -0.3 is 10.0 Å². The Hall–Kier alpha value is -1.06. The smallest absolute Gasteiger partial charge is 0.308 e. The van der Waals surface area contributed by atoms with Gasteiger partial charge in [0.15, 0.2) is 0 Å². The quantitative estimate of drug-likeness (QED) is 0.743. The molecule has 0 heterocycles. The SMILES string of the molecule is CCCN(CC(C)C(=O)O)C(=O)CCC1CCCCC1. The highest BCUT2D eigenvalue weighted by Crippen LogP contribution is 2.27. The normalized spacial score (nSPS) is 17.7. The van der Waals surface area contributed by atoms with Gasteiger partial charge in [-0.25, -0.2) is 0 Å². The van der Waals surface area contributed by atoms with E-state index in [1.54, 1.807) is 11.8 Å². The summed E-state index contributed by atoms with van der Waals surface area (Å²) in [5.41, 5.74) is 0. The van der Waals surface area contributed by atoms with Crippen LogP contribution in [-0.2, 0) is 9.59 Å². The van der Waals surface area contributed by atoms with Gasteiger partial charge >= 0.3 is 5.97 Å². The number of nitrogens with zero attached hydrogens (tertiary/aromatic N) is 1. The van der Waals surface area contributed by atoms with E-state index in [-0.39, 0.29) is 5.91 Å². The highest BCUT2D eigenvalue weighted by Gasteiger charge is 2.21. The number of carboxylic acid groups (broad SMARTS) is 1. The fourth-order valence-corrected chi connectivity index (χ4v) is 2.96. The number of carbonyl (C=O) groups is 2. The van der Waals surface area contributed by atoms with Gasteiger partial charge in [0.1, 0.15) is 0 Å². The Morgan fingerprint density at radius 1 is 1.25 bits per heavy atom. The standard InChI is InChI=1S/C16H29NO3/c1-3-11-17(12-13(2)16(19)20)15(18)10-9-14-7-5-4-6-8-14/h13-14H,3-12H2,1-2H3,(H,19,20). The number of carbonyl (C=O) groups excluding carboxylic acids is 1. The second-order valence-electron chi connectivity index (χ2n) is 6.12. The van der Waals surface area contributed by atoms with E-state index in [0.717, 1.165) is 12.8 Å². The molecule has 1 rings (SSSR count). The van der Waals surface area contributed by atoms with Crippen molar-refractivity contribution in [3.05, 3.63) is 0 Å². The Kier molecular flexibility index (Phi) is 7.63. The summed E-state index contributed by atoms with van der Waals surface area (Å²) in [7, 11) is 0. The lowest BCUT2D eigenvalue weighted by atomic mass is 9.86. The minimum Gasteiger partial charge on any atom is -0.481 e. The Labute approximate surface area is 122 Å². The zero-order valence-electron chi connectivity index (χ0n) is 12.9. The molecule has 0 saturated heterocycles. The fourth-order valence-electron chi connectivity index (χ4n) is 2.96. The Morgan fingerprint density at radius 2 is 1.90 bits per heavy atom. The molecule has 0 aliphatic heterocycles. The van der Waals surface area contributed by atoms with Crippen molar-refractivity contribution in [1.29, 1.82) is 0 Å². The van der Waals surface area contributed by atoms with E-state index in [1.165, 1.54) is 32.1 Å². The lowest BCUT2D eigenvalue weighted by Gasteiger charge is -2.26. The molecule has 0 radical (unpaired) electrons. The van der Waals surface area contributed by atoms with E-state index < -0.39 is 11.9 Å². The summed E-state index contributed by atoms with van der Waals surface area (Å²) >= 11 is 0. The maximum Gasteiger partial charge on any atom is 0.308 e. The van der Waals surface area contributed by atoms with Gasteiger partial charge in [-0.05, 0) is 18.8 Å². The van der Waals surface area contributed by atoms with Gasteiger partial charge in [0, 0.05) is 19.5 Å². The molecule has 0 bridgehead atoms. The van der Waals surface area contributed by atoms with Gasteiger partial charge in [0.25, 0.3) is 0 Å². The zero-order chi connectivity index (χ0) is 15.0. The van der Waals surface area contributed by atoms with Crippen molar-refractivity contribution in [2.75, 3.05) is 13.1 Å². The van der Waals surface area contributed by atoms with Gasteiger partial charge in [-0.1, -0.05) is 46.0 Å². The van der Waals surface area contributed by atoms with Crippen molar-refractivity contribution in [2.45, 2.75) is 65.2 Å². The molecule has 1 amide bonds. The van der Waals surface area contributed by atoms with Gasteiger partial charge in [0.05, 0.1) is 5.92 Å². The average Bonchev–Trinajstić information content (AvgIpc) is 2.45. The predicted molar refractivity (Wildman–Crippen MR) is 79.5 cm³/mol. The van der Waals surface area contributed by atoms with Crippen LogP contribution in [0, 0.1) is 11.8 Å². The molecule has 1 saturated carbocycles. The average molecular weight is 283 g/mol. The first-order chi connectivity index (χ1) is 9.54. The summed E-state index contributed by atoms with van der Waals surface area (Å²) in [6.45, 7) is 4.69. The van der Waals surface area contributed by atoms with Crippen LogP contribution in [0.15, 0.2) is 0 Å². The van der Waals surface area contributed by atoms with Crippen molar-refractivity contribution in [3.8, 4) is 0 Å². The fraction of sp³-hybridized carbons (Fsp3) is 0.875. The molecule has 0 spiro atoms. The first-order valence-corrected chi connectivity index (χ1v) is 8.05. The number of aliphatic carboxylic acids is 1. The maximum atomic E-state index is 12.3. The highest BCUT2D eigenvalue weighted by molar-refractivity contribution is 5.77. The topological polar surface area (TPSA) is 57.6 Å². The van der Waals surface area contributed by atoms with Crippen LogP contribution in [0.1, 0.15) is 65.2 Å². The lowest BCUT2D eigenvalue weighted by molar-refractivity contribution is -0.143. The number of hydrogen-bond acceptors (Lipinski definition) is 2. The molecule has 1 unspecified atom stereocenters. The van der Waals surface area contributed by atoms with Crippen LogP contribution < -0.4 is 0 Å². The summed E-state index contributed by atoms with van der Waals surface area (Å²) in [4.78, 5) is 24.9. The van der Waals surface area contributed by atoms with Crippen LogP contribution >= 0.6 is 0 Å². The van der Waals surface area contributed by atoms with Gasteiger partial charge in [-0.3, -0.25) is 9.59 Å². The van der Waals surface area contributed by atoms with Gasteiger partial charge in [0.2, 0.25) is 5.91 Å². The molecule has 4 nitrogen and oxygen atoms in total. The highest BCUT2D eigenvalue weighted by atomic mass is 16.4. The summed E-state index contributed by atoms with van der Waals surface area (Å²) in [5, 5.41) is 8.98. The number of amides is 1. The molecule has 0 aromatic rings. The molecule has 20 heavy (non-hydrogen) atoms. The molecular formula is C16H29NO3. The van der Waals surface area contributed by atoms with E-state index in [9.17, 15) is 9.59 Å². The number of hydrogen-bond donors (Lipinski definition) is 1. The van der Waals surface area contributed by atoms with Crippen molar-refractivity contribution in [1.82, 2.24) is 4.90 Å². The Balaban J connectivity index is 2.40. The van der Waals surface area contributed by atoms with Gasteiger partial charge in [-0.2, -0.15) is 0 Å². The minimum atomic E-state index is -0.828. The lowest BCUT2D eigenvalue weighted by Crippen LogP contribution is -2.37. The molecular weight excluding hydrogens is 254 g/mol. The summed E-state index contributed by atoms with van der Waals surface area (Å²) in [6, 6.07) is 0. The third-order valence-corrected chi connectivity index (χ3v) is 4.25. The van der Waals surface area contributed by atoms with Crippen LogP contribution in [0.5, 0.6) is 0 Å². The molecule has 1 aliphatic rings. The first-order valence-electron chi connectivity index (χ1n) is 8.05. The molecule has 4 heteroatoms. The van der Waals surface area contributed by atoms with Crippen LogP contribution in [0.25, 0.3) is 0 Å². The molecule has 0 aromatic carbocycles. The molecule has 116 valence electrons.